The number of carbonyl (C=O) groups is 2. The van der Waals surface area contributed by atoms with Gasteiger partial charge in [0.25, 0.3) is 5.91 Å². The third-order valence-electron chi connectivity index (χ3n) is 6.00. The lowest BCUT2D eigenvalue weighted by atomic mass is 9.97. The van der Waals surface area contributed by atoms with E-state index in [1.54, 1.807) is 13.3 Å². The van der Waals surface area contributed by atoms with Gasteiger partial charge in [0, 0.05) is 31.4 Å². The Morgan fingerprint density at radius 1 is 1.22 bits per heavy atom. The first-order valence-electron chi connectivity index (χ1n) is 9.33. The molecule has 0 aromatic carbocycles. The second-order valence-corrected chi connectivity index (χ2v) is 8.01. The number of amides is 2. The highest BCUT2D eigenvalue weighted by Crippen LogP contribution is 2.43. The van der Waals surface area contributed by atoms with Crippen molar-refractivity contribution in [2.75, 3.05) is 13.1 Å². The highest BCUT2D eigenvalue weighted by molar-refractivity contribution is 6.99. The molecule has 2 aliphatic rings. The summed E-state index contributed by atoms with van der Waals surface area (Å²) < 4.78 is 10.3. The van der Waals surface area contributed by atoms with E-state index in [1.165, 1.54) is 0 Å². The minimum Gasteiger partial charge on any atom is -0.354 e. The number of hydrogen-bond acceptors (Lipinski definition) is 6. The molecule has 27 heavy (non-hydrogen) atoms. The summed E-state index contributed by atoms with van der Waals surface area (Å²) in [4.78, 5) is 31.7. The van der Waals surface area contributed by atoms with Crippen molar-refractivity contribution in [1.29, 1.82) is 0 Å². The van der Waals surface area contributed by atoms with Crippen LogP contribution in [-0.2, 0) is 11.3 Å². The smallest absolute Gasteiger partial charge is 0.275 e. The molecule has 4 rings (SSSR count). The van der Waals surface area contributed by atoms with Crippen molar-refractivity contribution >= 4 is 23.5 Å². The quantitative estimate of drug-likeness (QED) is 0.834. The topological polar surface area (TPSA) is 93.0 Å². The lowest BCUT2D eigenvalue weighted by Crippen LogP contribution is -2.42. The van der Waals surface area contributed by atoms with Gasteiger partial charge in [-0.05, 0) is 39.5 Å². The van der Waals surface area contributed by atoms with E-state index in [2.05, 4.69) is 19.0 Å². The molecule has 1 aliphatic carbocycles. The van der Waals surface area contributed by atoms with E-state index in [1.807, 2.05) is 23.3 Å². The number of aromatic nitrogens is 4. The Balaban J connectivity index is 1.38. The van der Waals surface area contributed by atoms with Crippen LogP contribution >= 0.6 is 11.7 Å². The third kappa shape index (κ3) is 3.13. The summed E-state index contributed by atoms with van der Waals surface area (Å²) >= 11 is 1.06. The van der Waals surface area contributed by atoms with Gasteiger partial charge < -0.3 is 14.8 Å². The molecule has 144 valence electrons. The molecule has 1 saturated heterocycles. The van der Waals surface area contributed by atoms with E-state index >= 15 is 0 Å². The number of nitrogens with zero attached hydrogens (tertiary/aromatic N) is 5. The number of hydrogen-bond donors (Lipinski definition) is 1. The molecule has 0 spiro atoms. The van der Waals surface area contributed by atoms with Crippen molar-refractivity contribution < 1.29 is 9.59 Å². The largest absolute Gasteiger partial charge is 0.354 e. The maximum atomic E-state index is 12.8. The fourth-order valence-corrected chi connectivity index (χ4v) is 4.91. The van der Waals surface area contributed by atoms with Crippen LogP contribution in [0.15, 0.2) is 6.33 Å². The summed E-state index contributed by atoms with van der Waals surface area (Å²) in [6.45, 7) is 7.71. The predicted octanol–water partition coefficient (Wildman–Crippen LogP) is 1.33. The normalized spacial score (nSPS) is 23.8. The van der Waals surface area contributed by atoms with E-state index in [4.69, 9.17) is 0 Å². The molecular weight excluding hydrogens is 364 g/mol. The number of rotatable bonds is 5. The molecule has 1 aliphatic heterocycles. The summed E-state index contributed by atoms with van der Waals surface area (Å²) in [7, 11) is 0. The Bertz CT molecular complexity index is 875. The number of imidazole rings is 1. The van der Waals surface area contributed by atoms with Gasteiger partial charge in [-0.1, -0.05) is 0 Å². The molecule has 0 unspecified atom stereocenters. The van der Waals surface area contributed by atoms with Gasteiger partial charge in [0.2, 0.25) is 5.91 Å². The van der Waals surface area contributed by atoms with Crippen LogP contribution < -0.4 is 5.32 Å². The molecule has 1 N–H and O–H groups in total. The van der Waals surface area contributed by atoms with Crippen LogP contribution in [0.2, 0.25) is 0 Å². The predicted molar refractivity (Wildman–Crippen MR) is 100 cm³/mol. The summed E-state index contributed by atoms with van der Waals surface area (Å²) in [5.74, 6) is 0.0886. The molecule has 2 aromatic rings. The minimum atomic E-state index is -0.119. The van der Waals surface area contributed by atoms with E-state index in [-0.39, 0.29) is 29.7 Å². The number of fused-ring (bicyclic) bond motifs is 2. The van der Waals surface area contributed by atoms with Gasteiger partial charge in [0.05, 0.1) is 35.4 Å². The Morgan fingerprint density at radius 3 is 2.70 bits per heavy atom. The SMILES string of the molecule is Cc1nsnc1C(=O)N1C[C@@H]2CC[C@H]1[C@@H]2C(=O)NCCn1cnc(C)c1C. The van der Waals surface area contributed by atoms with Crippen LogP contribution in [0.4, 0.5) is 0 Å². The van der Waals surface area contributed by atoms with Crippen LogP contribution in [0, 0.1) is 32.6 Å². The average molecular weight is 388 g/mol. The van der Waals surface area contributed by atoms with Crippen LogP contribution in [0.5, 0.6) is 0 Å². The molecule has 1 saturated carbocycles. The second kappa shape index (κ2) is 7.03. The fourth-order valence-electron chi connectivity index (χ4n) is 4.37. The van der Waals surface area contributed by atoms with Crippen LogP contribution in [0.25, 0.3) is 0 Å². The van der Waals surface area contributed by atoms with Crippen molar-refractivity contribution in [3.8, 4) is 0 Å². The number of piperidine rings is 1. The molecule has 2 aromatic heterocycles. The highest BCUT2D eigenvalue weighted by atomic mass is 32.1. The van der Waals surface area contributed by atoms with E-state index < -0.39 is 0 Å². The van der Waals surface area contributed by atoms with Gasteiger partial charge in [-0.25, -0.2) is 4.98 Å². The van der Waals surface area contributed by atoms with Crippen LogP contribution in [0.3, 0.4) is 0 Å². The highest BCUT2D eigenvalue weighted by Gasteiger charge is 2.52. The van der Waals surface area contributed by atoms with Crippen molar-refractivity contribution in [1.82, 2.24) is 28.5 Å². The standard InChI is InChI=1S/C18H24N6O2S/c1-10-12(3)23(9-20-10)7-6-19-17(25)15-13-4-5-14(15)24(8-13)18(26)16-11(2)21-27-22-16/h9,13-15H,4-8H2,1-3H3,(H,19,25)/t13-,14-,15+/m0/s1. The summed E-state index contributed by atoms with van der Waals surface area (Å²) in [6, 6.07) is -0.0270. The van der Waals surface area contributed by atoms with E-state index in [9.17, 15) is 9.59 Å². The van der Waals surface area contributed by atoms with Crippen LogP contribution in [0.1, 0.15) is 40.4 Å². The summed E-state index contributed by atoms with van der Waals surface area (Å²) in [5.41, 5.74) is 3.22. The van der Waals surface area contributed by atoms with Crippen molar-refractivity contribution in [2.45, 2.75) is 46.2 Å². The van der Waals surface area contributed by atoms with E-state index in [0.717, 1.165) is 36.0 Å². The molecule has 2 bridgehead atoms. The molecule has 9 heteroatoms. The first kappa shape index (κ1) is 18.1. The molecule has 0 radical (unpaired) electrons. The number of nitrogens with one attached hydrogen (secondary N) is 1. The zero-order valence-corrected chi connectivity index (χ0v) is 16.6. The molecule has 2 amide bonds. The minimum absolute atomic E-state index is 0.0270. The second-order valence-electron chi connectivity index (χ2n) is 7.49. The molecule has 3 atom stereocenters. The Morgan fingerprint density at radius 2 is 2.04 bits per heavy atom. The number of likely N-dealkylation sites (tertiary alicyclic amines) is 1. The Kier molecular flexibility index (Phi) is 4.71. The maximum absolute atomic E-state index is 12.8. The first-order chi connectivity index (χ1) is 13.0. The lowest BCUT2D eigenvalue weighted by molar-refractivity contribution is -0.125. The molecule has 2 fully saturated rings. The lowest BCUT2D eigenvalue weighted by Gasteiger charge is -2.26. The van der Waals surface area contributed by atoms with Crippen molar-refractivity contribution in [2.24, 2.45) is 11.8 Å². The summed E-state index contributed by atoms with van der Waals surface area (Å²) in [6.07, 6.45) is 3.69. The van der Waals surface area contributed by atoms with Gasteiger partial charge in [-0.2, -0.15) is 8.75 Å². The van der Waals surface area contributed by atoms with Gasteiger partial charge in [-0.3, -0.25) is 9.59 Å². The molecular formula is C18H24N6O2S. The average Bonchev–Trinajstić information content (AvgIpc) is 3.41. The van der Waals surface area contributed by atoms with Crippen LogP contribution in [-0.4, -0.2) is 54.1 Å². The summed E-state index contributed by atoms with van der Waals surface area (Å²) in [5, 5.41) is 3.06. The zero-order valence-electron chi connectivity index (χ0n) is 15.8. The zero-order chi connectivity index (χ0) is 19.1. The van der Waals surface area contributed by atoms with Gasteiger partial charge in [0.1, 0.15) is 0 Å². The molecule has 3 heterocycles. The number of aryl methyl sites for hydroxylation is 2. The Labute approximate surface area is 162 Å². The van der Waals surface area contributed by atoms with E-state index in [0.29, 0.717) is 31.0 Å². The third-order valence-corrected chi connectivity index (χ3v) is 6.62. The van der Waals surface area contributed by atoms with Crippen molar-refractivity contribution in [3.63, 3.8) is 0 Å². The fraction of sp³-hybridized carbons (Fsp3) is 0.611. The monoisotopic (exact) mass is 388 g/mol. The van der Waals surface area contributed by atoms with Gasteiger partial charge >= 0.3 is 0 Å². The Hall–Kier alpha value is -2.29. The van der Waals surface area contributed by atoms with Gasteiger partial charge in [-0.15, -0.1) is 0 Å². The van der Waals surface area contributed by atoms with Gasteiger partial charge in [0.15, 0.2) is 5.69 Å². The maximum Gasteiger partial charge on any atom is 0.275 e. The molecule has 8 nitrogen and oxygen atoms in total. The number of carbonyl (C=O) groups excluding carboxylic acids is 2. The first-order valence-corrected chi connectivity index (χ1v) is 10.1. The van der Waals surface area contributed by atoms with Crippen molar-refractivity contribution in [3.05, 3.63) is 29.1 Å².